The van der Waals surface area contributed by atoms with Crippen molar-refractivity contribution < 1.29 is 10.2 Å². The van der Waals surface area contributed by atoms with Crippen LogP contribution in [0.3, 0.4) is 0 Å². The summed E-state index contributed by atoms with van der Waals surface area (Å²) in [5.74, 6) is 0.158. The molecule has 0 bridgehead atoms. The molecule has 1 aromatic carbocycles. The largest absolute Gasteiger partial charge is 0.396 e. The van der Waals surface area contributed by atoms with Gasteiger partial charge in [-0.25, -0.2) is 0 Å². The fraction of sp³-hybridized carbons (Fsp3) is 0.538. The summed E-state index contributed by atoms with van der Waals surface area (Å²) in [6.45, 7) is 2.41. The topological polar surface area (TPSA) is 40.5 Å². The highest BCUT2D eigenvalue weighted by atomic mass is 16.3. The second-order valence-electron chi connectivity index (χ2n) is 4.61. The molecule has 1 atom stereocenters. The zero-order chi connectivity index (χ0) is 10.9. The Morgan fingerprint density at radius 3 is 2.47 bits per heavy atom. The molecule has 2 heteroatoms. The Hall–Kier alpha value is -0.860. The maximum atomic E-state index is 9.43. The molecule has 0 radical (unpaired) electrons. The monoisotopic (exact) mass is 206 g/mol. The third kappa shape index (κ3) is 1.80. The summed E-state index contributed by atoms with van der Waals surface area (Å²) < 4.78 is 0. The minimum absolute atomic E-state index is 0.0000231. The minimum atomic E-state index is 0.0000231. The molecule has 0 spiro atoms. The van der Waals surface area contributed by atoms with Crippen LogP contribution in [-0.2, 0) is 5.41 Å². The van der Waals surface area contributed by atoms with E-state index in [0.29, 0.717) is 0 Å². The van der Waals surface area contributed by atoms with Crippen molar-refractivity contribution in [2.24, 2.45) is 0 Å². The van der Waals surface area contributed by atoms with Gasteiger partial charge in [-0.1, -0.05) is 31.2 Å². The number of hydrogen-bond acceptors (Lipinski definition) is 2. The van der Waals surface area contributed by atoms with E-state index in [-0.39, 0.29) is 24.5 Å². The highest BCUT2D eigenvalue weighted by Crippen LogP contribution is 2.49. The Kier molecular flexibility index (Phi) is 2.81. The van der Waals surface area contributed by atoms with Gasteiger partial charge in [-0.2, -0.15) is 0 Å². The average Bonchev–Trinajstić information content (AvgIpc) is 3.09. The Balaban J connectivity index is 2.38. The van der Waals surface area contributed by atoms with E-state index < -0.39 is 0 Å². The van der Waals surface area contributed by atoms with Gasteiger partial charge < -0.3 is 10.2 Å². The molecule has 2 nitrogen and oxygen atoms in total. The maximum absolute atomic E-state index is 9.43. The van der Waals surface area contributed by atoms with Gasteiger partial charge >= 0.3 is 0 Å². The number of hydrogen-bond donors (Lipinski definition) is 2. The van der Waals surface area contributed by atoms with Crippen molar-refractivity contribution in [3.8, 4) is 0 Å². The lowest BCUT2D eigenvalue weighted by molar-refractivity contribution is 0.250. The Morgan fingerprint density at radius 2 is 1.93 bits per heavy atom. The van der Waals surface area contributed by atoms with Crippen molar-refractivity contribution in [1.82, 2.24) is 0 Å². The van der Waals surface area contributed by atoms with Gasteiger partial charge in [0.05, 0.1) is 6.61 Å². The van der Waals surface area contributed by atoms with E-state index in [4.69, 9.17) is 0 Å². The Bertz CT molecular complexity index is 342. The molecule has 1 aliphatic carbocycles. The van der Waals surface area contributed by atoms with Crippen LogP contribution in [0.2, 0.25) is 0 Å². The van der Waals surface area contributed by atoms with Crippen molar-refractivity contribution >= 4 is 0 Å². The molecule has 0 aliphatic heterocycles. The normalized spacial score (nSPS) is 19.9. The first-order valence-electron chi connectivity index (χ1n) is 5.54. The van der Waals surface area contributed by atoms with Crippen LogP contribution in [0.1, 0.15) is 36.8 Å². The average molecular weight is 206 g/mol. The van der Waals surface area contributed by atoms with Crippen molar-refractivity contribution in [3.05, 3.63) is 35.4 Å². The number of aliphatic hydroxyl groups excluding tert-OH is 2. The minimum Gasteiger partial charge on any atom is -0.396 e. The molecule has 0 amide bonds. The molecule has 82 valence electrons. The highest BCUT2D eigenvalue weighted by Gasteiger charge is 2.45. The third-order valence-electron chi connectivity index (χ3n) is 3.49. The molecule has 0 saturated heterocycles. The first-order valence-corrected chi connectivity index (χ1v) is 5.54. The van der Waals surface area contributed by atoms with E-state index in [9.17, 15) is 10.2 Å². The van der Waals surface area contributed by atoms with E-state index in [0.717, 1.165) is 12.8 Å². The van der Waals surface area contributed by atoms with Crippen LogP contribution in [0, 0.1) is 0 Å². The maximum Gasteiger partial charge on any atom is 0.0528 e. The zero-order valence-electron chi connectivity index (χ0n) is 9.11. The third-order valence-corrected chi connectivity index (χ3v) is 3.49. The summed E-state index contributed by atoms with van der Waals surface area (Å²) in [7, 11) is 0. The van der Waals surface area contributed by atoms with Crippen LogP contribution in [0.15, 0.2) is 24.3 Å². The summed E-state index contributed by atoms with van der Waals surface area (Å²) in [6, 6.07) is 8.16. The molecule has 15 heavy (non-hydrogen) atoms. The van der Waals surface area contributed by atoms with Gasteiger partial charge in [-0.05, 0) is 24.0 Å². The zero-order valence-corrected chi connectivity index (χ0v) is 9.11. The predicted octanol–water partition coefficient (Wildman–Crippen LogP) is 1.81. The lowest BCUT2D eigenvalue weighted by atomic mass is 9.87. The van der Waals surface area contributed by atoms with Crippen molar-refractivity contribution in [1.29, 1.82) is 0 Å². The summed E-state index contributed by atoms with van der Waals surface area (Å²) in [6.07, 6.45) is 2.14. The van der Waals surface area contributed by atoms with Gasteiger partial charge in [0.25, 0.3) is 0 Å². The molecule has 0 heterocycles. The number of aliphatic hydroxyl groups is 2. The van der Waals surface area contributed by atoms with E-state index in [1.165, 1.54) is 11.1 Å². The summed E-state index contributed by atoms with van der Waals surface area (Å²) >= 11 is 0. The number of benzene rings is 1. The van der Waals surface area contributed by atoms with Crippen LogP contribution in [-0.4, -0.2) is 23.4 Å². The lowest BCUT2D eigenvalue weighted by Crippen LogP contribution is -2.16. The SMILES string of the molecule is CC(CO)c1ccccc1C1(CO)CC1. The van der Waals surface area contributed by atoms with Crippen LogP contribution >= 0.6 is 0 Å². The van der Waals surface area contributed by atoms with Gasteiger partial charge in [-0.3, -0.25) is 0 Å². The van der Waals surface area contributed by atoms with Crippen molar-refractivity contribution in [2.45, 2.75) is 31.1 Å². The van der Waals surface area contributed by atoms with Gasteiger partial charge in [0, 0.05) is 17.9 Å². The van der Waals surface area contributed by atoms with Crippen LogP contribution in [0.4, 0.5) is 0 Å². The molecular formula is C13H18O2. The summed E-state index contributed by atoms with van der Waals surface area (Å²) in [5.41, 5.74) is 2.42. The molecule has 1 unspecified atom stereocenters. The Labute approximate surface area is 90.6 Å². The van der Waals surface area contributed by atoms with E-state index in [1.54, 1.807) is 0 Å². The molecule has 1 aromatic rings. The van der Waals surface area contributed by atoms with E-state index >= 15 is 0 Å². The van der Waals surface area contributed by atoms with Crippen LogP contribution in [0.25, 0.3) is 0 Å². The van der Waals surface area contributed by atoms with E-state index in [2.05, 4.69) is 12.1 Å². The summed E-state index contributed by atoms with van der Waals surface area (Å²) in [4.78, 5) is 0. The summed E-state index contributed by atoms with van der Waals surface area (Å²) in [5, 5.41) is 18.6. The molecule has 1 saturated carbocycles. The predicted molar refractivity (Wildman–Crippen MR) is 59.9 cm³/mol. The van der Waals surface area contributed by atoms with Gasteiger partial charge in [0.2, 0.25) is 0 Å². The van der Waals surface area contributed by atoms with Crippen LogP contribution in [0.5, 0.6) is 0 Å². The van der Waals surface area contributed by atoms with Gasteiger partial charge in [-0.15, -0.1) is 0 Å². The standard InChI is InChI=1S/C13H18O2/c1-10(8-14)11-4-2-3-5-12(11)13(9-15)6-7-13/h2-5,10,14-15H,6-9H2,1H3. The first-order chi connectivity index (χ1) is 7.23. The molecule has 2 N–H and O–H groups in total. The second kappa shape index (κ2) is 3.95. The molecule has 0 aromatic heterocycles. The number of rotatable bonds is 4. The second-order valence-corrected chi connectivity index (χ2v) is 4.61. The lowest BCUT2D eigenvalue weighted by Gasteiger charge is -2.20. The van der Waals surface area contributed by atoms with Crippen LogP contribution < -0.4 is 0 Å². The quantitative estimate of drug-likeness (QED) is 0.788. The fourth-order valence-corrected chi connectivity index (χ4v) is 2.17. The van der Waals surface area contributed by atoms with Crippen molar-refractivity contribution in [2.75, 3.05) is 13.2 Å². The molecule has 2 rings (SSSR count). The van der Waals surface area contributed by atoms with Crippen molar-refractivity contribution in [3.63, 3.8) is 0 Å². The van der Waals surface area contributed by atoms with Gasteiger partial charge in [0.1, 0.15) is 0 Å². The smallest absolute Gasteiger partial charge is 0.0528 e. The van der Waals surface area contributed by atoms with Gasteiger partial charge in [0.15, 0.2) is 0 Å². The highest BCUT2D eigenvalue weighted by molar-refractivity contribution is 5.40. The fourth-order valence-electron chi connectivity index (χ4n) is 2.17. The van der Waals surface area contributed by atoms with E-state index in [1.807, 2.05) is 19.1 Å². The molecule has 1 fully saturated rings. The molecule has 1 aliphatic rings. The first kappa shape index (κ1) is 10.7. The Morgan fingerprint density at radius 1 is 1.27 bits per heavy atom. The molecular weight excluding hydrogens is 188 g/mol.